The number of nitrogens with one attached hydrogen (secondary N) is 1. The molecular formula is C20H15ClF3NO3. The van der Waals surface area contributed by atoms with Crippen molar-refractivity contribution in [3.05, 3.63) is 74.6 Å². The van der Waals surface area contributed by atoms with E-state index in [0.717, 1.165) is 12.1 Å². The first-order valence-electron chi connectivity index (χ1n) is 8.56. The highest BCUT2D eigenvalue weighted by Gasteiger charge is 2.46. The number of hydrogen-bond acceptors (Lipinski definition) is 4. The Kier molecular flexibility index (Phi) is 4.39. The van der Waals surface area contributed by atoms with Gasteiger partial charge in [-0.25, -0.2) is 4.79 Å². The van der Waals surface area contributed by atoms with Crippen LogP contribution in [0.3, 0.4) is 0 Å². The number of hydrogen-bond donors (Lipinski definition) is 2. The van der Waals surface area contributed by atoms with Gasteiger partial charge in [-0.15, -0.1) is 0 Å². The van der Waals surface area contributed by atoms with Crippen molar-refractivity contribution >= 4 is 22.6 Å². The highest BCUT2D eigenvalue weighted by Crippen LogP contribution is 2.49. The predicted octanol–water partition coefficient (Wildman–Crippen LogP) is 4.95. The second kappa shape index (κ2) is 6.53. The summed E-state index contributed by atoms with van der Waals surface area (Å²) < 4.78 is 44.3. The van der Waals surface area contributed by atoms with Crippen molar-refractivity contribution in [2.75, 3.05) is 0 Å². The Hall–Kier alpha value is -2.51. The average molecular weight is 410 g/mol. The fraction of sp³-hybridized carbons (Fsp3) is 0.250. The summed E-state index contributed by atoms with van der Waals surface area (Å²) in [6.07, 6.45) is -3.19. The molecule has 28 heavy (non-hydrogen) atoms. The molecule has 0 bridgehead atoms. The molecule has 0 amide bonds. The molecule has 1 aliphatic carbocycles. The van der Waals surface area contributed by atoms with Crippen molar-refractivity contribution in [3.8, 4) is 5.75 Å². The lowest BCUT2D eigenvalue weighted by Gasteiger charge is -2.21. The summed E-state index contributed by atoms with van der Waals surface area (Å²) in [5, 5.41) is 13.7. The quantitative estimate of drug-likeness (QED) is 0.598. The second-order valence-corrected chi connectivity index (χ2v) is 7.31. The van der Waals surface area contributed by atoms with Crippen LogP contribution in [0.2, 0.25) is 5.02 Å². The summed E-state index contributed by atoms with van der Waals surface area (Å²) >= 11 is 6.19. The highest BCUT2D eigenvalue weighted by atomic mass is 35.5. The lowest BCUT2D eigenvalue weighted by Crippen LogP contribution is -2.29. The van der Waals surface area contributed by atoms with Gasteiger partial charge in [0.05, 0.1) is 5.56 Å². The van der Waals surface area contributed by atoms with E-state index in [2.05, 4.69) is 5.32 Å². The van der Waals surface area contributed by atoms with Gasteiger partial charge >= 0.3 is 11.8 Å². The Morgan fingerprint density at radius 2 is 1.89 bits per heavy atom. The van der Waals surface area contributed by atoms with E-state index in [0.29, 0.717) is 29.4 Å². The standard InChI is InChI=1S/C20H15ClF3NO3/c21-16-4-1-12(20(22,23)24)8-15(16)19(5-6-19)25-10-11-7-18(27)28-17-9-13(26)2-3-14(11)17/h1-4,7-9,25-26H,5-6,10H2. The van der Waals surface area contributed by atoms with Gasteiger partial charge in [0.2, 0.25) is 0 Å². The molecule has 0 spiro atoms. The summed E-state index contributed by atoms with van der Waals surface area (Å²) in [6.45, 7) is 0.236. The van der Waals surface area contributed by atoms with Crippen LogP contribution in [0.25, 0.3) is 11.0 Å². The summed E-state index contributed by atoms with van der Waals surface area (Å²) in [7, 11) is 0. The Bertz CT molecular complexity index is 1120. The molecule has 8 heteroatoms. The van der Waals surface area contributed by atoms with Crippen molar-refractivity contribution in [1.29, 1.82) is 0 Å². The zero-order valence-electron chi connectivity index (χ0n) is 14.4. The smallest absolute Gasteiger partial charge is 0.416 e. The van der Waals surface area contributed by atoms with Gasteiger partial charge < -0.3 is 14.8 Å². The molecule has 3 aromatic rings. The SMILES string of the molecule is O=c1cc(CNC2(c3cc(C(F)(F)F)ccc3Cl)CC2)c2ccc(O)cc2o1. The topological polar surface area (TPSA) is 62.5 Å². The van der Waals surface area contributed by atoms with E-state index in [1.165, 1.54) is 24.3 Å². The largest absolute Gasteiger partial charge is 0.508 e. The number of alkyl halides is 3. The van der Waals surface area contributed by atoms with E-state index in [1.807, 2.05) is 0 Å². The van der Waals surface area contributed by atoms with Crippen LogP contribution in [0.4, 0.5) is 13.2 Å². The number of phenolic OH excluding ortho intramolecular Hbond substituents is 1. The third-order valence-electron chi connectivity index (χ3n) is 4.99. The van der Waals surface area contributed by atoms with Crippen molar-refractivity contribution in [2.24, 2.45) is 0 Å². The van der Waals surface area contributed by atoms with Crippen LogP contribution in [0.1, 0.15) is 29.5 Å². The van der Waals surface area contributed by atoms with Crippen LogP contribution >= 0.6 is 11.6 Å². The molecule has 4 nitrogen and oxygen atoms in total. The molecule has 0 aliphatic heterocycles. The molecule has 1 heterocycles. The van der Waals surface area contributed by atoms with Crippen LogP contribution in [0.5, 0.6) is 5.75 Å². The first-order valence-corrected chi connectivity index (χ1v) is 8.94. The van der Waals surface area contributed by atoms with Crippen LogP contribution in [0, 0.1) is 0 Å². The van der Waals surface area contributed by atoms with Gasteiger partial charge in [0.25, 0.3) is 0 Å². The third kappa shape index (κ3) is 3.47. The lowest BCUT2D eigenvalue weighted by molar-refractivity contribution is -0.137. The molecule has 0 saturated heterocycles. The average Bonchev–Trinajstić information content (AvgIpc) is 3.39. The van der Waals surface area contributed by atoms with E-state index < -0.39 is 22.9 Å². The van der Waals surface area contributed by atoms with E-state index in [4.69, 9.17) is 16.0 Å². The first kappa shape index (κ1) is 18.8. The van der Waals surface area contributed by atoms with E-state index in [9.17, 15) is 23.1 Å². The Morgan fingerprint density at radius 3 is 2.57 bits per heavy atom. The molecule has 0 unspecified atom stereocenters. The molecule has 0 radical (unpaired) electrons. The zero-order valence-corrected chi connectivity index (χ0v) is 15.2. The lowest BCUT2D eigenvalue weighted by atomic mass is 10.0. The van der Waals surface area contributed by atoms with Crippen LogP contribution in [0.15, 0.2) is 51.7 Å². The molecule has 1 aliphatic rings. The molecule has 1 fully saturated rings. The fourth-order valence-corrected chi connectivity index (χ4v) is 3.66. The number of fused-ring (bicyclic) bond motifs is 1. The Balaban J connectivity index is 1.66. The van der Waals surface area contributed by atoms with Gasteiger partial charge in [-0.3, -0.25) is 0 Å². The van der Waals surface area contributed by atoms with E-state index in [1.54, 1.807) is 6.07 Å². The minimum Gasteiger partial charge on any atom is -0.508 e. The molecule has 1 aromatic heterocycles. The number of halogens is 4. The monoisotopic (exact) mass is 409 g/mol. The summed E-state index contributed by atoms with van der Waals surface area (Å²) in [5.74, 6) is -0.0323. The van der Waals surface area contributed by atoms with Gasteiger partial charge in [0, 0.05) is 34.6 Å². The maximum Gasteiger partial charge on any atom is 0.416 e. The highest BCUT2D eigenvalue weighted by molar-refractivity contribution is 6.31. The van der Waals surface area contributed by atoms with Crippen LogP contribution in [-0.4, -0.2) is 5.11 Å². The maximum absolute atomic E-state index is 13.1. The molecule has 2 N–H and O–H groups in total. The summed E-state index contributed by atoms with van der Waals surface area (Å²) in [6, 6.07) is 9.08. The van der Waals surface area contributed by atoms with Crippen LogP contribution < -0.4 is 10.9 Å². The van der Waals surface area contributed by atoms with Crippen molar-refractivity contribution in [3.63, 3.8) is 0 Å². The maximum atomic E-state index is 13.1. The van der Waals surface area contributed by atoms with Gasteiger partial charge in [-0.05, 0) is 54.3 Å². The van der Waals surface area contributed by atoms with Gasteiger partial charge in [0.1, 0.15) is 11.3 Å². The Labute approximate surface area is 162 Å². The molecule has 2 aromatic carbocycles. The second-order valence-electron chi connectivity index (χ2n) is 6.90. The summed E-state index contributed by atoms with van der Waals surface area (Å²) in [5.41, 5.74) is -0.726. The normalized spacial score (nSPS) is 15.7. The molecule has 146 valence electrons. The molecule has 4 rings (SSSR count). The van der Waals surface area contributed by atoms with Gasteiger partial charge in [-0.2, -0.15) is 13.2 Å². The number of aromatic hydroxyl groups is 1. The van der Waals surface area contributed by atoms with Crippen molar-refractivity contribution in [1.82, 2.24) is 5.32 Å². The third-order valence-corrected chi connectivity index (χ3v) is 5.32. The minimum absolute atomic E-state index is 0.0323. The minimum atomic E-state index is -4.45. The van der Waals surface area contributed by atoms with Crippen molar-refractivity contribution < 1.29 is 22.7 Å². The van der Waals surface area contributed by atoms with Gasteiger partial charge in [0.15, 0.2) is 0 Å². The number of benzene rings is 2. The van der Waals surface area contributed by atoms with Gasteiger partial charge in [-0.1, -0.05) is 11.6 Å². The summed E-state index contributed by atoms with van der Waals surface area (Å²) in [4.78, 5) is 11.8. The van der Waals surface area contributed by atoms with E-state index >= 15 is 0 Å². The first-order chi connectivity index (χ1) is 13.2. The molecule has 1 saturated carbocycles. The zero-order chi connectivity index (χ0) is 20.1. The number of rotatable bonds is 4. The number of phenols is 1. The van der Waals surface area contributed by atoms with Crippen LogP contribution in [-0.2, 0) is 18.3 Å². The van der Waals surface area contributed by atoms with Crippen molar-refractivity contribution in [2.45, 2.75) is 31.1 Å². The fourth-order valence-electron chi connectivity index (χ4n) is 3.36. The van der Waals surface area contributed by atoms with E-state index in [-0.39, 0.29) is 22.9 Å². The predicted molar refractivity (Wildman–Crippen MR) is 98.4 cm³/mol. The molecular weight excluding hydrogens is 395 g/mol. The molecule has 0 atom stereocenters. The Morgan fingerprint density at radius 1 is 1.14 bits per heavy atom.